The van der Waals surface area contributed by atoms with Gasteiger partial charge in [0, 0.05) is 36.9 Å². The molecule has 0 aromatic heterocycles. The van der Waals surface area contributed by atoms with Crippen LogP contribution in [0.15, 0.2) is 24.8 Å². The molecule has 0 aromatic rings. The smallest absolute Gasteiger partial charge is 0.0927 e. The van der Waals surface area contributed by atoms with Gasteiger partial charge >= 0.3 is 0 Å². The molecule has 0 saturated heterocycles. The Morgan fingerprint density at radius 1 is 0.565 bits per heavy atom. The maximum absolute atomic E-state index is 2.57. The van der Waals surface area contributed by atoms with Gasteiger partial charge in [0.2, 0.25) is 0 Å². The Morgan fingerprint density at radius 2 is 1.00 bits per heavy atom. The summed E-state index contributed by atoms with van der Waals surface area (Å²) in [5.41, 5.74) is 0. The summed E-state index contributed by atoms with van der Waals surface area (Å²) in [7, 11) is 0. The molecule has 23 heavy (non-hydrogen) atoms. The summed E-state index contributed by atoms with van der Waals surface area (Å²) in [6.07, 6.45) is 23.3. The summed E-state index contributed by atoms with van der Waals surface area (Å²) in [6.45, 7) is 3.19. The molecule has 0 atom stereocenters. The SMILES string of the molecule is C1=CN(C2CCCCC2)CN1CN1C=CN(C2CCCCC2)C1. The third-order valence-corrected chi connectivity index (χ3v) is 6.08. The number of hydrogen-bond acceptors (Lipinski definition) is 4. The van der Waals surface area contributed by atoms with E-state index in [4.69, 9.17) is 0 Å². The Kier molecular flexibility index (Phi) is 4.67. The molecule has 0 radical (unpaired) electrons. The van der Waals surface area contributed by atoms with Gasteiger partial charge in [0.25, 0.3) is 0 Å². The van der Waals surface area contributed by atoms with E-state index in [9.17, 15) is 0 Å². The molecule has 0 N–H and O–H groups in total. The van der Waals surface area contributed by atoms with E-state index >= 15 is 0 Å². The van der Waals surface area contributed by atoms with Crippen LogP contribution in [0.4, 0.5) is 0 Å². The Balaban J connectivity index is 1.22. The first-order valence-corrected chi connectivity index (χ1v) is 9.75. The molecule has 2 aliphatic heterocycles. The molecule has 4 nitrogen and oxygen atoms in total. The van der Waals surface area contributed by atoms with Crippen molar-refractivity contribution in [2.45, 2.75) is 76.3 Å². The number of nitrogens with zero attached hydrogens (tertiary/aromatic N) is 4. The minimum Gasteiger partial charge on any atom is -0.356 e. The van der Waals surface area contributed by atoms with Gasteiger partial charge in [-0.3, -0.25) is 0 Å². The molecule has 128 valence electrons. The largest absolute Gasteiger partial charge is 0.356 e. The lowest BCUT2D eigenvalue weighted by molar-refractivity contribution is 0.116. The maximum atomic E-state index is 2.57. The Bertz CT molecular complexity index is 395. The van der Waals surface area contributed by atoms with Crippen molar-refractivity contribution < 1.29 is 0 Å². The van der Waals surface area contributed by atoms with Crippen molar-refractivity contribution in [3.05, 3.63) is 24.8 Å². The summed E-state index contributed by atoms with van der Waals surface area (Å²) < 4.78 is 0. The number of rotatable bonds is 4. The zero-order valence-corrected chi connectivity index (χ0v) is 14.4. The van der Waals surface area contributed by atoms with Crippen LogP contribution in [0.2, 0.25) is 0 Å². The third kappa shape index (κ3) is 3.61. The Morgan fingerprint density at radius 3 is 1.43 bits per heavy atom. The van der Waals surface area contributed by atoms with Crippen LogP contribution in [0.1, 0.15) is 64.2 Å². The fourth-order valence-corrected chi connectivity index (χ4v) is 4.68. The van der Waals surface area contributed by atoms with Crippen molar-refractivity contribution in [2.24, 2.45) is 0 Å². The van der Waals surface area contributed by atoms with Gasteiger partial charge in [0.15, 0.2) is 0 Å². The summed E-state index contributed by atoms with van der Waals surface area (Å²) >= 11 is 0. The van der Waals surface area contributed by atoms with Gasteiger partial charge in [-0.1, -0.05) is 38.5 Å². The predicted molar refractivity (Wildman–Crippen MR) is 94.0 cm³/mol. The molecule has 2 aliphatic carbocycles. The lowest BCUT2D eigenvalue weighted by Crippen LogP contribution is -2.41. The summed E-state index contributed by atoms with van der Waals surface area (Å²) in [5, 5.41) is 0. The van der Waals surface area contributed by atoms with Gasteiger partial charge in [0.1, 0.15) is 0 Å². The van der Waals surface area contributed by atoms with Gasteiger partial charge in [-0.25, -0.2) is 0 Å². The summed E-state index contributed by atoms with van der Waals surface area (Å²) in [6, 6.07) is 1.58. The third-order valence-electron chi connectivity index (χ3n) is 6.08. The van der Waals surface area contributed by atoms with Gasteiger partial charge in [-0.15, -0.1) is 0 Å². The average molecular weight is 316 g/mol. The van der Waals surface area contributed by atoms with Gasteiger partial charge in [-0.2, -0.15) is 0 Å². The molecule has 0 bridgehead atoms. The van der Waals surface area contributed by atoms with Crippen LogP contribution in [0.5, 0.6) is 0 Å². The standard InChI is InChI=1S/C19H32N4/c1-3-7-18(8-4-1)22-13-11-20(16-22)15-21-12-14-23(17-21)19-9-5-2-6-10-19/h11-14,18-19H,1-10,15-17H2. The predicted octanol–water partition coefficient (Wildman–Crippen LogP) is 3.70. The van der Waals surface area contributed by atoms with Crippen molar-refractivity contribution in [3.8, 4) is 0 Å². The molecule has 4 aliphatic rings. The second-order valence-corrected chi connectivity index (χ2v) is 7.81. The zero-order valence-electron chi connectivity index (χ0n) is 14.4. The van der Waals surface area contributed by atoms with Crippen LogP contribution >= 0.6 is 0 Å². The van der Waals surface area contributed by atoms with E-state index in [0.717, 1.165) is 32.1 Å². The Labute approximate surface area is 141 Å². The average Bonchev–Trinajstić information content (AvgIpc) is 3.27. The van der Waals surface area contributed by atoms with Crippen molar-refractivity contribution in [1.82, 2.24) is 19.6 Å². The summed E-state index contributed by atoms with van der Waals surface area (Å²) in [5.74, 6) is 0. The molecular formula is C19H32N4. The van der Waals surface area contributed by atoms with Crippen LogP contribution in [-0.2, 0) is 0 Å². The van der Waals surface area contributed by atoms with E-state index in [0.29, 0.717) is 0 Å². The quantitative estimate of drug-likeness (QED) is 0.784. The monoisotopic (exact) mass is 316 g/mol. The highest BCUT2D eigenvalue weighted by atomic mass is 15.5. The first-order valence-electron chi connectivity index (χ1n) is 9.75. The minimum absolute atomic E-state index is 0.790. The van der Waals surface area contributed by atoms with Crippen LogP contribution in [-0.4, -0.2) is 51.7 Å². The van der Waals surface area contributed by atoms with Crippen molar-refractivity contribution in [2.75, 3.05) is 20.0 Å². The first kappa shape index (κ1) is 15.2. The van der Waals surface area contributed by atoms with E-state index in [-0.39, 0.29) is 0 Å². The van der Waals surface area contributed by atoms with Crippen LogP contribution < -0.4 is 0 Å². The molecule has 0 amide bonds. The van der Waals surface area contributed by atoms with Crippen molar-refractivity contribution >= 4 is 0 Å². The molecular weight excluding hydrogens is 284 g/mol. The van der Waals surface area contributed by atoms with Crippen LogP contribution in [0.25, 0.3) is 0 Å². The second kappa shape index (κ2) is 7.06. The molecule has 2 saturated carbocycles. The number of hydrogen-bond donors (Lipinski definition) is 0. The van der Waals surface area contributed by atoms with Gasteiger partial charge in [0.05, 0.1) is 20.0 Å². The molecule has 0 spiro atoms. The fourth-order valence-electron chi connectivity index (χ4n) is 4.68. The second-order valence-electron chi connectivity index (χ2n) is 7.81. The highest BCUT2D eigenvalue weighted by Gasteiger charge is 2.26. The minimum atomic E-state index is 0.790. The normalized spacial score (nSPS) is 26.8. The van der Waals surface area contributed by atoms with E-state index in [1.165, 1.54) is 64.2 Å². The highest BCUT2D eigenvalue weighted by molar-refractivity contribution is 4.98. The van der Waals surface area contributed by atoms with Crippen molar-refractivity contribution in [3.63, 3.8) is 0 Å². The molecule has 0 unspecified atom stereocenters. The molecule has 0 aromatic carbocycles. The van der Waals surface area contributed by atoms with Gasteiger partial charge < -0.3 is 19.6 Å². The molecule has 2 heterocycles. The lowest BCUT2D eigenvalue weighted by Gasteiger charge is -2.35. The van der Waals surface area contributed by atoms with E-state index in [1.807, 2.05) is 0 Å². The van der Waals surface area contributed by atoms with Crippen molar-refractivity contribution in [1.29, 1.82) is 0 Å². The van der Waals surface area contributed by atoms with E-state index in [1.54, 1.807) is 0 Å². The molecule has 4 rings (SSSR count). The van der Waals surface area contributed by atoms with Crippen LogP contribution in [0.3, 0.4) is 0 Å². The highest BCUT2D eigenvalue weighted by Crippen LogP contribution is 2.27. The lowest BCUT2D eigenvalue weighted by atomic mass is 9.95. The maximum Gasteiger partial charge on any atom is 0.0927 e. The summed E-state index contributed by atoms with van der Waals surface area (Å²) in [4.78, 5) is 10.1. The first-order chi connectivity index (χ1) is 11.4. The molecule has 4 heteroatoms. The zero-order chi connectivity index (χ0) is 15.5. The van der Waals surface area contributed by atoms with Gasteiger partial charge in [-0.05, 0) is 25.7 Å². The fraction of sp³-hybridized carbons (Fsp3) is 0.789. The van der Waals surface area contributed by atoms with E-state index in [2.05, 4.69) is 44.4 Å². The Hall–Kier alpha value is -1.32. The molecule has 2 fully saturated rings. The topological polar surface area (TPSA) is 13.0 Å². The van der Waals surface area contributed by atoms with E-state index < -0.39 is 0 Å². The van der Waals surface area contributed by atoms with Crippen LogP contribution in [0, 0.1) is 0 Å².